The predicted molar refractivity (Wildman–Crippen MR) is 66.2 cm³/mol. The van der Waals surface area contributed by atoms with E-state index in [-0.39, 0.29) is 0 Å². The molecule has 2 rings (SSSR count). The zero-order valence-corrected chi connectivity index (χ0v) is 9.83. The number of anilines is 1. The van der Waals surface area contributed by atoms with Gasteiger partial charge in [0, 0.05) is 28.3 Å². The zero-order valence-electron chi connectivity index (χ0n) is 9.83. The maximum Gasteiger partial charge on any atom is 0.0489 e. The van der Waals surface area contributed by atoms with Crippen molar-refractivity contribution in [2.24, 2.45) is 0 Å². The predicted octanol–water partition coefficient (Wildman–Crippen LogP) is 3.42. The Labute approximate surface area is 90.7 Å². The number of aryl methyl sites for hydroxylation is 1. The molecule has 1 heterocycles. The third-order valence-electron chi connectivity index (χ3n) is 3.10. The number of benzene rings is 1. The van der Waals surface area contributed by atoms with Crippen molar-refractivity contribution < 1.29 is 0 Å². The Hall–Kier alpha value is -1.44. The lowest BCUT2D eigenvalue weighted by Crippen LogP contribution is -2.02. The van der Waals surface area contributed by atoms with Crippen LogP contribution in [0.2, 0.25) is 0 Å². The van der Waals surface area contributed by atoms with Crippen molar-refractivity contribution in [3.8, 4) is 0 Å². The number of aromatic nitrogens is 1. The Morgan fingerprint density at radius 1 is 1.20 bits per heavy atom. The summed E-state index contributed by atoms with van der Waals surface area (Å²) >= 11 is 0. The number of hydrogen-bond acceptors (Lipinski definition) is 1. The fourth-order valence-electron chi connectivity index (χ4n) is 2.29. The second-order valence-corrected chi connectivity index (χ2v) is 4.45. The lowest BCUT2D eigenvalue weighted by atomic mass is 10.1. The van der Waals surface area contributed by atoms with Gasteiger partial charge in [-0.15, -0.1) is 0 Å². The second kappa shape index (κ2) is 3.30. The Balaban J connectivity index is 2.87. The molecule has 0 fully saturated rings. The first kappa shape index (κ1) is 10.1. The van der Waals surface area contributed by atoms with E-state index in [0.29, 0.717) is 6.04 Å². The minimum atomic E-state index is 0.491. The van der Waals surface area contributed by atoms with Gasteiger partial charge in [0.15, 0.2) is 0 Å². The highest BCUT2D eigenvalue weighted by Crippen LogP contribution is 2.29. The van der Waals surface area contributed by atoms with Gasteiger partial charge in [-0.1, -0.05) is 0 Å². The first-order chi connectivity index (χ1) is 7.02. The standard InChI is InChI=1S/C13H18N2/c1-8(2)15-10(4)9(3)12-7-11(14)5-6-13(12)15/h5-8H,14H2,1-4H3. The van der Waals surface area contributed by atoms with Gasteiger partial charge in [0.2, 0.25) is 0 Å². The Morgan fingerprint density at radius 3 is 2.47 bits per heavy atom. The van der Waals surface area contributed by atoms with E-state index in [1.165, 1.54) is 22.2 Å². The fraction of sp³-hybridized carbons (Fsp3) is 0.385. The molecule has 0 radical (unpaired) electrons. The van der Waals surface area contributed by atoms with Crippen LogP contribution < -0.4 is 5.73 Å². The van der Waals surface area contributed by atoms with Gasteiger partial charge in [0.1, 0.15) is 0 Å². The quantitative estimate of drug-likeness (QED) is 0.706. The molecule has 15 heavy (non-hydrogen) atoms. The van der Waals surface area contributed by atoms with Crippen LogP contribution in [0.25, 0.3) is 10.9 Å². The molecule has 2 nitrogen and oxygen atoms in total. The lowest BCUT2D eigenvalue weighted by molar-refractivity contribution is 0.606. The monoisotopic (exact) mass is 202 g/mol. The van der Waals surface area contributed by atoms with Crippen LogP contribution in [-0.4, -0.2) is 4.57 Å². The van der Waals surface area contributed by atoms with E-state index in [2.05, 4.69) is 44.4 Å². The highest BCUT2D eigenvalue weighted by Gasteiger charge is 2.12. The molecule has 2 aromatic rings. The molecular formula is C13H18N2. The lowest BCUT2D eigenvalue weighted by Gasteiger charge is -2.12. The summed E-state index contributed by atoms with van der Waals surface area (Å²) in [7, 11) is 0. The summed E-state index contributed by atoms with van der Waals surface area (Å²) in [6.07, 6.45) is 0. The molecule has 1 aromatic heterocycles. The molecule has 0 saturated heterocycles. The van der Waals surface area contributed by atoms with Gasteiger partial charge in [0.25, 0.3) is 0 Å². The number of nitrogens with zero attached hydrogens (tertiary/aromatic N) is 1. The first-order valence-electron chi connectivity index (χ1n) is 5.39. The number of rotatable bonds is 1. The van der Waals surface area contributed by atoms with Gasteiger partial charge in [-0.2, -0.15) is 0 Å². The van der Waals surface area contributed by atoms with Crippen molar-refractivity contribution in [1.29, 1.82) is 0 Å². The number of nitrogen functional groups attached to an aromatic ring is 1. The molecule has 0 spiro atoms. The van der Waals surface area contributed by atoms with Crippen LogP contribution in [0.1, 0.15) is 31.1 Å². The highest BCUT2D eigenvalue weighted by molar-refractivity contribution is 5.88. The summed E-state index contributed by atoms with van der Waals surface area (Å²) < 4.78 is 2.37. The van der Waals surface area contributed by atoms with Crippen LogP contribution in [-0.2, 0) is 0 Å². The van der Waals surface area contributed by atoms with Crippen LogP contribution in [0.15, 0.2) is 18.2 Å². The first-order valence-corrected chi connectivity index (χ1v) is 5.39. The van der Waals surface area contributed by atoms with E-state index in [0.717, 1.165) is 5.69 Å². The van der Waals surface area contributed by atoms with Gasteiger partial charge in [-0.25, -0.2) is 0 Å². The molecule has 1 aromatic carbocycles. The van der Waals surface area contributed by atoms with Crippen molar-refractivity contribution in [2.45, 2.75) is 33.7 Å². The summed E-state index contributed by atoms with van der Waals surface area (Å²) in [6.45, 7) is 8.76. The third kappa shape index (κ3) is 1.41. The average Bonchev–Trinajstić information content (AvgIpc) is 2.41. The van der Waals surface area contributed by atoms with Crippen molar-refractivity contribution in [3.05, 3.63) is 29.5 Å². The van der Waals surface area contributed by atoms with E-state index in [1.807, 2.05) is 6.07 Å². The number of fused-ring (bicyclic) bond motifs is 1. The summed E-state index contributed by atoms with van der Waals surface area (Å²) in [5, 5.41) is 1.28. The Bertz CT molecular complexity index is 507. The van der Waals surface area contributed by atoms with Crippen LogP contribution in [0.3, 0.4) is 0 Å². The number of hydrogen-bond donors (Lipinski definition) is 1. The smallest absolute Gasteiger partial charge is 0.0489 e. The average molecular weight is 202 g/mol. The SMILES string of the molecule is Cc1c(C)n(C(C)C)c2ccc(N)cc12. The Morgan fingerprint density at radius 2 is 1.87 bits per heavy atom. The van der Waals surface area contributed by atoms with Gasteiger partial charge in [-0.05, 0) is 51.5 Å². The Kier molecular flexibility index (Phi) is 2.22. The van der Waals surface area contributed by atoms with Crippen molar-refractivity contribution in [2.75, 3.05) is 5.73 Å². The minimum Gasteiger partial charge on any atom is -0.399 e. The van der Waals surface area contributed by atoms with E-state index >= 15 is 0 Å². The maximum absolute atomic E-state index is 5.82. The van der Waals surface area contributed by atoms with Crippen LogP contribution in [0, 0.1) is 13.8 Å². The van der Waals surface area contributed by atoms with Gasteiger partial charge < -0.3 is 10.3 Å². The topological polar surface area (TPSA) is 30.9 Å². The molecule has 80 valence electrons. The molecule has 0 amide bonds. The van der Waals surface area contributed by atoms with E-state index in [9.17, 15) is 0 Å². The van der Waals surface area contributed by atoms with Crippen LogP contribution in [0.4, 0.5) is 5.69 Å². The van der Waals surface area contributed by atoms with Gasteiger partial charge in [0.05, 0.1) is 0 Å². The largest absolute Gasteiger partial charge is 0.399 e. The van der Waals surface area contributed by atoms with E-state index in [4.69, 9.17) is 5.73 Å². The minimum absolute atomic E-state index is 0.491. The van der Waals surface area contributed by atoms with E-state index < -0.39 is 0 Å². The van der Waals surface area contributed by atoms with E-state index in [1.54, 1.807) is 0 Å². The van der Waals surface area contributed by atoms with Crippen LogP contribution >= 0.6 is 0 Å². The van der Waals surface area contributed by atoms with Crippen LogP contribution in [0.5, 0.6) is 0 Å². The molecule has 0 saturated carbocycles. The molecule has 2 heteroatoms. The molecule has 0 aliphatic carbocycles. The third-order valence-corrected chi connectivity index (χ3v) is 3.10. The van der Waals surface area contributed by atoms with Gasteiger partial charge in [-0.3, -0.25) is 0 Å². The molecule has 0 bridgehead atoms. The zero-order chi connectivity index (χ0) is 11.2. The molecule has 0 unspecified atom stereocenters. The number of nitrogens with two attached hydrogens (primary N) is 1. The summed E-state index contributed by atoms with van der Waals surface area (Å²) in [5.74, 6) is 0. The molecule has 0 aliphatic rings. The highest BCUT2D eigenvalue weighted by atomic mass is 15.0. The molecular weight excluding hydrogens is 184 g/mol. The summed E-state index contributed by atoms with van der Waals surface area (Å²) in [6, 6.07) is 6.64. The maximum atomic E-state index is 5.82. The fourth-order valence-corrected chi connectivity index (χ4v) is 2.29. The van der Waals surface area contributed by atoms with Crippen molar-refractivity contribution in [1.82, 2.24) is 4.57 Å². The molecule has 2 N–H and O–H groups in total. The summed E-state index contributed by atoms with van der Waals surface area (Å²) in [4.78, 5) is 0. The second-order valence-electron chi connectivity index (χ2n) is 4.45. The van der Waals surface area contributed by atoms with Crippen molar-refractivity contribution >= 4 is 16.6 Å². The normalized spacial score (nSPS) is 11.5. The van der Waals surface area contributed by atoms with Gasteiger partial charge >= 0.3 is 0 Å². The molecule has 0 aliphatic heterocycles. The van der Waals surface area contributed by atoms with Crippen molar-refractivity contribution in [3.63, 3.8) is 0 Å². The molecule has 0 atom stereocenters. The summed E-state index contributed by atoms with van der Waals surface area (Å²) in [5.41, 5.74) is 10.6.